The number of allylic oxidation sites excluding steroid dienone is 12. The number of carbonyl (C=O) groups excluding carboxylic acids is 1. The second-order valence-electron chi connectivity index (χ2n) is 14.3. The number of rotatable bonds is 7. The first kappa shape index (κ1) is 34.2. The summed E-state index contributed by atoms with van der Waals surface area (Å²) in [6, 6.07) is 6.95. The van der Waals surface area contributed by atoms with Gasteiger partial charge in [0.1, 0.15) is 5.76 Å². The smallest absolute Gasteiger partial charge is 0.335 e. The van der Waals surface area contributed by atoms with E-state index >= 15 is 0 Å². The highest BCUT2D eigenvalue weighted by Crippen LogP contribution is 2.48. The van der Waals surface area contributed by atoms with Crippen LogP contribution in [0.2, 0.25) is 0 Å². The maximum absolute atomic E-state index is 12.5. The van der Waals surface area contributed by atoms with Gasteiger partial charge in [-0.05, 0) is 97.2 Å². The van der Waals surface area contributed by atoms with Gasteiger partial charge in [-0.3, -0.25) is 4.79 Å². The highest BCUT2D eigenvalue weighted by Gasteiger charge is 2.43. The number of esters is 1. The number of aliphatic hydroxyl groups is 1. The minimum Gasteiger partial charge on any atom is -0.511 e. The van der Waals surface area contributed by atoms with Crippen molar-refractivity contribution in [3.8, 4) is 0 Å². The number of aliphatic hydroxyl groups excluding tert-OH is 1. The first-order valence-electron chi connectivity index (χ1n) is 17.7. The van der Waals surface area contributed by atoms with Gasteiger partial charge in [0.2, 0.25) is 0 Å². The SMILES string of the molecule is CCC1=C(C)C2=NC1=CC1=C(C)C3=C(O)CC(=C4NC(=C(c5ccc(C(=O)O)cc5)C5=NC(=C2)C(C(C)C)=C5C)[C@@H](C)[C@@H]4CCC(=O)OC)C3=N1. The molecule has 0 aromatic heterocycles. The molecule has 6 aliphatic rings. The molecule has 9 heteroatoms. The van der Waals surface area contributed by atoms with Crippen LogP contribution in [0.5, 0.6) is 0 Å². The molecule has 5 aliphatic heterocycles. The van der Waals surface area contributed by atoms with Crippen LogP contribution in [-0.4, -0.2) is 46.4 Å². The third kappa shape index (κ3) is 5.50. The number of aromatic carboxylic acids is 1. The van der Waals surface area contributed by atoms with E-state index < -0.39 is 5.97 Å². The Bertz CT molecular complexity index is 2170. The van der Waals surface area contributed by atoms with E-state index in [9.17, 15) is 19.8 Å². The highest BCUT2D eigenvalue weighted by molar-refractivity contribution is 6.34. The second kappa shape index (κ2) is 12.8. The number of carbonyl (C=O) groups is 2. The number of benzene rings is 1. The Kier molecular flexibility index (Phi) is 8.56. The lowest BCUT2D eigenvalue weighted by molar-refractivity contribution is -0.140. The van der Waals surface area contributed by atoms with Crippen LogP contribution in [0.15, 0.2) is 125 Å². The molecule has 0 saturated carbocycles. The number of methoxy groups -OCH3 is 1. The molecule has 1 aliphatic carbocycles. The van der Waals surface area contributed by atoms with E-state index in [1.54, 1.807) is 12.1 Å². The van der Waals surface area contributed by atoms with Crippen LogP contribution in [-0.2, 0) is 9.53 Å². The van der Waals surface area contributed by atoms with Crippen LogP contribution in [0.1, 0.15) is 90.1 Å². The number of carboxylic acids is 1. The lowest BCUT2D eigenvalue weighted by Crippen LogP contribution is -2.16. The Morgan fingerprint density at radius 1 is 0.941 bits per heavy atom. The third-order valence-electron chi connectivity index (χ3n) is 11.1. The standard InChI is InChI=1S/C42H44N4O5/c1-9-26-20(4)29-18-32-35(19(2)3)23(7)39(45-32)37(24-10-12-25(13-11-24)42(49)50)38-21(5)27(14-15-34(48)51-8)40(46-38)28-16-33(47)36-22(6)30(44-41(28)36)17-31(26)43-29/h10-13,17-19,21,27,46-47H,9,14-16H2,1-8H3,(H,49,50)/t21-,27-/m0/s1. The van der Waals surface area contributed by atoms with Crippen molar-refractivity contribution < 1.29 is 24.5 Å². The van der Waals surface area contributed by atoms with Crippen LogP contribution in [0, 0.1) is 17.8 Å². The van der Waals surface area contributed by atoms with Gasteiger partial charge in [0.15, 0.2) is 0 Å². The van der Waals surface area contributed by atoms with Crippen LogP contribution in [0.25, 0.3) is 5.57 Å². The fourth-order valence-electron chi connectivity index (χ4n) is 8.46. The largest absolute Gasteiger partial charge is 0.511 e. The Balaban J connectivity index is 1.56. The number of nitrogens with zero attached hydrogens (tertiary/aromatic N) is 3. The summed E-state index contributed by atoms with van der Waals surface area (Å²) >= 11 is 0. The van der Waals surface area contributed by atoms with Gasteiger partial charge in [-0.1, -0.05) is 39.8 Å². The van der Waals surface area contributed by atoms with Gasteiger partial charge < -0.3 is 20.3 Å². The Labute approximate surface area is 298 Å². The first-order chi connectivity index (χ1) is 24.3. The molecule has 1 aromatic carbocycles. The molecular weight excluding hydrogens is 640 g/mol. The average Bonchev–Trinajstić information content (AvgIpc) is 3.86. The molecule has 8 bridgehead atoms. The number of carboxylic acid groups (broad SMARTS) is 1. The summed E-state index contributed by atoms with van der Waals surface area (Å²) < 4.78 is 5.06. The van der Waals surface area contributed by atoms with Gasteiger partial charge in [0, 0.05) is 52.8 Å². The number of nitrogens with one attached hydrogen (secondary N) is 1. The van der Waals surface area contributed by atoms with Crippen molar-refractivity contribution >= 4 is 34.6 Å². The molecule has 3 N–H and O–H groups in total. The normalized spacial score (nSPS) is 22.6. The highest BCUT2D eigenvalue weighted by atomic mass is 16.5. The van der Waals surface area contributed by atoms with Crippen molar-refractivity contribution in [1.29, 1.82) is 0 Å². The Hall–Kier alpha value is -5.31. The van der Waals surface area contributed by atoms with Crippen LogP contribution >= 0.6 is 0 Å². The van der Waals surface area contributed by atoms with E-state index in [0.29, 0.717) is 12.8 Å². The minimum absolute atomic E-state index is 0.102. The lowest BCUT2D eigenvalue weighted by atomic mass is 9.83. The summed E-state index contributed by atoms with van der Waals surface area (Å²) in [6.45, 7) is 14.9. The molecule has 2 atom stereocenters. The maximum atomic E-state index is 12.5. The quantitative estimate of drug-likeness (QED) is 0.247. The summed E-state index contributed by atoms with van der Waals surface area (Å²) in [5.41, 5.74) is 15.6. The predicted octanol–water partition coefficient (Wildman–Crippen LogP) is 8.49. The maximum Gasteiger partial charge on any atom is 0.335 e. The van der Waals surface area contributed by atoms with Crippen molar-refractivity contribution in [3.63, 3.8) is 0 Å². The van der Waals surface area contributed by atoms with Gasteiger partial charge in [-0.15, -0.1) is 0 Å². The van der Waals surface area contributed by atoms with Crippen molar-refractivity contribution in [3.05, 3.63) is 121 Å². The van der Waals surface area contributed by atoms with Gasteiger partial charge >= 0.3 is 11.9 Å². The van der Waals surface area contributed by atoms with Crippen LogP contribution in [0.3, 0.4) is 0 Å². The van der Waals surface area contributed by atoms with Crippen molar-refractivity contribution in [1.82, 2.24) is 5.32 Å². The zero-order valence-corrected chi connectivity index (χ0v) is 30.5. The number of hydrogen-bond acceptors (Lipinski definition) is 8. The Morgan fingerprint density at radius 3 is 2.31 bits per heavy atom. The lowest BCUT2D eigenvalue weighted by Gasteiger charge is -2.19. The van der Waals surface area contributed by atoms with Gasteiger partial charge in [0.25, 0.3) is 0 Å². The van der Waals surface area contributed by atoms with Crippen molar-refractivity contribution in [2.45, 2.75) is 74.1 Å². The summed E-state index contributed by atoms with van der Waals surface area (Å²) in [5.74, 6) is -1.07. The molecule has 1 fully saturated rings. The fourth-order valence-corrected chi connectivity index (χ4v) is 8.46. The number of fused-ring (bicyclic) bond motifs is 5. The molecule has 1 aromatic rings. The van der Waals surface area contributed by atoms with Gasteiger partial charge in [-0.25, -0.2) is 19.8 Å². The molecule has 51 heavy (non-hydrogen) atoms. The van der Waals surface area contributed by atoms with Crippen LogP contribution < -0.4 is 5.32 Å². The minimum atomic E-state index is -0.994. The third-order valence-corrected chi connectivity index (χ3v) is 11.1. The first-order valence-corrected chi connectivity index (χ1v) is 17.7. The average molecular weight is 685 g/mol. The van der Waals surface area contributed by atoms with Gasteiger partial charge in [0.05, 0.1) is 46.9 Å². The summed E-state index contributed by atoms with van der Waals surface area (Å²) in [7, 11) is 1.40. The predicted molar refractivity (Wildman–Crippen MR) is 200 cm³/mol. The molecule has 0 unspecified atom stereocenters. The van der Waals surface area contributed by atoms with Crippen molar-refractivity contribution in [2.75, 3.05) is 7.11 Å². The monoisotopic (exact) mass is 684 g/mol. The molecule has 0 radical (unpaired) electrons. The van der Waals surface area contributed by atoms with Crippen molar-refractivity contribution in [2.24, 2.45) is 32.7 Å². The molecule has 9 nitrogen and oxygen atoms in total. The number of aliphatic imine (C=N–C) groups is 3. The summed E-state index contributed by atoms with van der Waals surface area (Å²) in [6.07, 6.45) is 6.00. The number of hydrogen-bond donors (Lipinski definition) is 3. The van der Waals surface area contributed by atoms with E-state index in [0.717, 1.165) is 102 Å². The van der Waals surface area contributed by atoms with E-state index in [1.165, 1.54) is 7.11 Å². The summed E-state index contributed by atoms with van der Waals surface area (Å²) in [5, 5.41) is 25.0. The molecule has 7 rings (SSSR count). The molecular formula is C42H44N4O5. The Morgan fingerprint density at radius 2 is 1.67 bits per heavy atom. The second-order valence-corrected chi connectivity index (χ2v) is 14.3. The fraction of sp³-hybridized carbons (Fsp3) is 0.357. The topological polar surface area (TPSA) is 133 Å². The summed E-state index contributed by atoms with van der Waals surface area (Å²) in [4.78, 5) is 40.1. The van der Waals surface area contributed by atoms with E-state index in [2.05, 4.69) is 52.9 Å². The molecule has 0 spiro atoms. The van der Waals surface area contributed by atoms with E-state index in [4.69, 9.17) is 19.7 Å². The molecule has 262 valence electrons. The molecule has 5 heterocycles. The zero-order valence-electron chi connectivity index (χ0n) is 30.5. The van der Waals surface area contributed by atoms with Gasteiger partial charge in [-0.2, -0.15) is 0 Å². The molecule has 0 amide bonds. The van der Waals surface area contributed by atoms with E-state index in [1.807, 2.05) is 25.1 Å². The molecule has 1 saturated heterocycles. The number of ether oxygens (including phenoxy) is 1. The van der Waals surface area contributed by atoms with Crippen LogP contribution in [0.4, 0.5) is 0 Å². The zero-order chi connectivity index (χ0) is 36.5. The van der Waals surface area contributed by atoms with E-state index in [-0.39, 0.29) is 41.5 Å².